The number of hydrogen-bond acceptors (Lipinski definition) is 4. The van der Waals surface area contributed by atoms with Crippen molar-refractivity contribution in [1.29, 1.82) is 0 Å². The molecule has 1 amide bonds. The van der Waals surface area contributed by atoms with Crippen LogP contribution in [-0.2, 0) is 4.79 Å². The third-order valence-corrected chi connectivity index (χ3v) is 3.72. The Bertz CT molecular complexity index is 851. The summed E-state index contributed by atoms with van der Waals surface area (Å²) < 4.78 is 10.6. The lowest BCUT2D eigenvalue weighted by molar-refractivity contribution is -0.115. The van der Waals surface area contributed by atoms with Crippen molar-refractivity contribution in [3.05, 3.63) is 64.9 Å². The fourth-order valence-electron chi connectivity index (χ4n) is 2.48. The first-order valence-electron chi connectivity index (χ1n) is 7.27. The minimum Gasteiger partial charge on any atom is -0.454 e. The molecule has 2 aliphatic heterocycles. The van der Waals surface area contributed by atoms with Gasteiger partial charge < -0.3 is 14.8 Å². The average molecular weight is 306 g/mol. The number of nitrogens with zero attached hydrogens (tertiary/aromatic N) is 1. The van der Waals surface area contributed by atoms with Crippen LogP contribution in [0.2, 0.25) is 0 Å². The number of amidine groups is 1. The Balaban J connectivity index is 1.65. The molecule has 114 valence electrons. The van der Waals surface area contributed by atoms with E-state index in [0.29, 0.717) is 23.0 Å². The molecule has 2 aromatic rings. The standard InChI is InChI=1S/C18H14N2O3/c1-11-2-5-13(6-3-11)17-19-14(18(21)20-17)8-12-4-7-15-16(9-12)23-10-22-15/h2-9H,10H2,1H3,(H,19,20,21)/b14-8-. The van der Waals surface area contributed by atoms with E-state index < -0.39 is 0 Å². The van der Waals surface area contributed by atoms with Crippen molar-refractivity contribution < 1.29 is 14.3 Å². The van der Waals surface area contributed by atoms with E-state index in [4.69, 9.17) is 9.47 Å². The number of rotatable bonds is 2. The molecule has 0 bridgehead atoms. The van der Waals surface area contributed by atoms with Gasteiger partial charge in [0.1, 0.15) is 11.5 Å². The number of hydrogen-bond donors (Lipinski definition) is 1. The van der Waals surface area contributed by atoms with Crippen LogP contribution in [0.15, 0.2) is 53.2 Å². The minimum absolute atomic E-state index is 0.210. The zero-order valence-corrected chi connectivity index (χ0v) is 12.5. The van der Waals surface area contributed by atoms with Gasteiger partial charge in [-0.1, -0.05) is 35.9 Å². The van der Waals surface area contributed by atoms with Crippen LogP contribution in [0.25, 0.3) is 6.08 Å². The highest BCUT2D eigenvalue weighted by atomic mass is 16.7. The Kier molecular flexibility index (Phi) is 3.12. The lowest BCUT2D eigenvalue weighted by Crippen LogP contribution is -2.24. The van der Waals surface area contributed by atoms with Gasteiger partial charge in [-0.05, 0) is 30.7 Å². The van der Waals surface area contributed by atoms with Crippen LogP contribution >= 0.6 is 0 Å². The van der Waals surface area contributed by atoms with Gasteiger partial charge in [0, 0.05) is 5.56 Å². The number of nitrogens with one attached hydrogen (secondary N) is 1. The van der Waals surface area contributed by atoms with E-state index in [0.717, 1.165) is 16.7 Å². The lowest BCUT2D eigenvalue weighted by atomic mass is 10.1. The van der Waals surface area contributed by atoms with Crippen LogP contribution in [-0.4, -0.2) is 18.5 Å². The molecule has 2 aromatic carbocycles. The molecule has 0 aromatic heterocycles. The fourth-order valence-corrected chi connectivity index (χ4v) is 2.48. The van der Waals surface area contributed by atoms with Gasteiger partial charge in [-0.15, -0.1) is 0 Å². The molecule has 1 N–H and O–H groups in total. The van der Waals surface area contributed by atoms with Gasteiger partial charge in [-0.3, -0.25) is 4.79 Å². The maximum absolute atomic E-state index is 12.1. The van der Waals surface area contributed by atoms with Gasteiger partial charge in [-0.2, -0.15) is 0 Å². The van der Waals surface area contributed by atoms with Gasteiger partial charge in [0.2, 0.25) is 6.79 Å². The summed E-state index contributed by atoms with van der Waals surface area (Å²) >= 11 is 0. The molecular formula is C18H14N2O3. The number of carbonyl (C=O) groups excluding carboxylic acids is 1. The number of aryl methyl sites for hydroxylation is 1. The van der Waals surface area contributed by atoms with Crippen LogP contribution in [0.5, 0.6) is 11.5 Å². The molecule has 2 aliphatic rings. The van der Waals surface area contributed by atoms with Crippen molar-refractivity contribution in [3.8, 4) is 11.5 Å². The van der Waals surface area contributed by atoms with Crippen LogP contribution in [0.3, 0.4) is 0 Å². The zero-order chi connectivity index (χ0) is 15.8. The summed E-state index contributed by atoms with van der Waals surface area (Å²) in [5.41, 5.74) is 3.26. The summed E-state index contributed by atoms with van der Waals surface area (Å²) in [7, 11) is 0. The maximum atomic E-state index is 12.1. The predicted molar refractivity (Wildman–Crippen MR) is 86.4 cm³/mol. The summed E-state index contributed by atoms with van der Waals surface area (Å²) in [5, 5.41) is 2.80. The Morgan fingerprint density at radius 1 is 1.09 bits per heavy atom. The molecule has 0 aliphatic carbocycles. The van der Waals surface area contributed by atoms with E-state index in [1.54, 1.807) is 6.08 Å². The zero-order valence-electron chi connectivity index (χ0n) is 12.5. The molecule has 23 heavy (non-hydrogen) atoms. The molecular weight excluding hydrogens is 292 g/mol. The Morgan fingerprint density at radius 2 is 1.87 bits per heavy atom. The summed E-state index contributed by atoms with van der Waals surface area (Å²) in [4.78, 5) is 16.5. The summed E-state index contributed by atoms with van der Waals surface area (Å²) in [6.45, 7) is 2.25. The number of amides is 1. The monoisotopic (exact) mass is 306 g/mol. The third-order valence-electron chi connectivity index (χ3n) is 3.72. The summed E-state index contributed by atoms with van der Waals surface area (Å²) in [6.07, 6.45) is 1.73. The second-order valence-corrected chi connectivity index (χ2v) is 5.42. The van der Waals surface area contributed by atoms with E-state index in [-0.39, 0.29) is 12.7 Å². The Labute approximate surface area is 133 Å². The number of benzene rings is 2. The van der Waals surface area contributed by atoms with Crippen molar-refractivity contribution >= 4 is 17.8 Å². The van der Waals surface area contributed by atoms with E-state index in [2.05, 4.69) is 10.3 Å². The Hall–Kier alpha value is -3.08. The first-order valence-corrected chi connectivity index (χ1v) is 7.27. The van der Waals surface area contributed by atoms with Crippen LogP contribution < -0.4 is 14.8 Å². The van der Waals surface area contributed by atoms with Crippen LogP contribution in [0.1, 0.15) is 16.7 Å². The van der Waals surface area contributed by atoms with E-state index >= 15 is 0 Å². The molecule has 0 fully saturated rings. The highest BCUT2D eigenvalue weighted by Gasteiger charge is 2.21. The van der Waals surface area contributed by atoms with Crippen LogP contribution in [0.4, 0.5) is 0 Å². The fraction of sp³-hybridized carbons (Fsp3) is 0.111. The van der Waals surface area contributed by atoms with Gasteiger partial charge in [0.15, 0.2) is 11.5 Å². The largest absolute Gasteiger partial charge is 0.454 e. The SMILES string of the molecule is Cc1ccc(C2=N/C(=C\c3ccc4c(c3)OCO4)C(=O)N2)cc1. The number of ether oxygens (including phenoxy) is 2. The number of fused-ring (bicyclic) bond motifs is 1. The van der Waals surface area contributed by atoms with Gasteiger partial charge in [0.05, 0.1) is 0 Å². The first-order chi connectivity index (χ1) is 11.2. The summed E-state index contributed by atoms with van der Waals surface area (Å²) in [5.74, 6) is 1.76. The number of aliphatic imine (C=N–C) groups is 1. The molecule has 0 radical (unpaired) electrons. The molecule has 0 saturated carbocycles. The normalized spacial score (nSPS) is 17.3. The van der Waals surface area contributed by atoms with E-state index in [9.17, 15) is 4.79 Å². The molecule has 0 saturated heterocycles. The molecule has 2 heterocycles. The molecule has 4 rings (SSSR count). The summed E-state index contributed by atoms with van der Waals surface area (Å²) in [6, 6.07) is 13.4. The average Bonchev–Trinajstić information content (AvgIpc) is 3.15. The molecule has 0 atom stereocenters. The Morgan fingerprint density at radius 3 is 2.70 bits per heavy atom. The van der Waals surface area contributed by atoms with Gasteiger partial charge in [0.25, 0.3) is 5.91 Å². The molecule has 0 spiro atoms. The van der Waals surface area contributed by atoms with Crippen LogP contribution in [0, 0.1) is 6.92 Å². The molecule has 5 heteroatoms. The lowest BCUT2D eigenvalue weighted by Gasteiger charge is -2.00. The van der Waals surface area contributed by atoms with Crippen molar-refractivity contribution in [2.75, 3.05) is 6.79 Å². The van der Waals surface area contributed by atoms with Gasteiger partial charge in [-0.25, -0.2) is 4.99 Å². The van der Waals surface area contributed by atoms with Crippen molar-refractivity contribution in [1.82, 2.24) is 5.32 Å². The quantitative estimate of drug-likeness (QED) is 0.868. The smallest absolute Gasteiger partial charge is 0.275 e. The highest BCUT2D eigenvalue weighted by molar-refractivity contribution is 6.19. The first kappa shape index (κ1) is 13.6. The van der Waals surface area contributed by atoms with E-state index in [1.807, 2.05) is 49.4 Å². The topological polar surface area (TPSA) is 59.9 Å². The van der Waals surface area contributed by atoms with Crippen molar-refractivity contribution in [2.45, 2.75) is 6.92 Å². The van der Waals surface area contributed by atoms with Gasteiger partial charge >= 0.3 is 0 Å². The molecule has 5 nitrogen and oxygen atoms in total. The minimum atomic E-state index is -0.210. The van der Waals surface area contributed by atoms with E-state index in [1.165, 1.54) is 0 Å². The highest BCUT2D eigenvalue weighted by Crippen LogP contribution is 2.33. The van der Waals surface area contributed by atoms with Crippen molar-refractivity contribution in [3.63, 3.8) is 0 Å². The second kappa shape index (κ2) is 5.28. The maximum Gasteiger partial charge on any atom is 0.275 e. The third kappa shape index (κ3) is 2.57. The molecule has 0 unspecified atom stereocenters. The second-order valence-electron chi connectivity index (χ2n) is 5.42. The number of carbonyl (C=O) groups is 1. The predicted octanol–water partition coefficient (Wildman–Crippen LogP) is 2.64. The van der Waals surface area contributed by atoms with Crippen molar-refractivity contribution in [2.24, 2.45) is 4.99 Å².